The number of hydrogen-bond donors (Lipinski definition) is 0. The van der Waals surface area contributed by atoms with Crippen LogP contribution in [0.25, 0.3) is 11.3 Å². The first-order chi connectivity index (χ1) is 10.6. The molecule has 0 atom stereocenters. The van der Waals surface area contributed by atoms with Gasteiger partial charge in [0.15, 0.2) is 11.5 Å². The lowest BCUT2D eigenvalue weighted by atomic mass is 10.1. The molecule has 1 aromatic heterocycles. The van der Waals surface area contributed by atoms with E-state index in [1.54, 1.807) is 18.0 Å². The molecule has 22 heavy (non-hydrogen) atoms. The van der Waals surface area contributed by atoms with Gasteiger partial charge in [0.1, 0.15) is 0 Å². The zero-order chi connectivity index (χ0) is 15.5. The fourth-order valence-corrected chi connectivity index (χ4v) is 2.33. The Kier molecular flexibility index (Phi) is 4.06. The van der Waals surface area contributed by atoms with Crippen molar-refractivity contribution in [2.75, 3.05) is 11.9 Å². The van der Waals surface area contributed by atoms with Gasteiger partial charge in [0.25, 0.3) is 5.91 Å². The lowest BCUT2D eigenvalue weighted by molar-refractivity contribution is 0.0984. The summed E-state index contributed by atoms with van der Waals surface area (Å²) in [5.74, 6) is 0.357. The Morgan fingerprint density at radius 3 is 2.45 bits per heavy atom. The van der Waals surface area contributed by atoms with Gasteiger partial charge in [0.05, 0.1) is 0 Å². The second-order valence-corrected chi connectivity index (χ2v) is 5.70. The van der Waals surface area contributed by atoms with E-state index in [-0.39, 0.29) is 11.6 Å². The first-order valence-corrected chi connectivity index (χ1v) is 7.50. The molecule has 110 valence electrons. The third kappa shape index (κ3) is 2.94. The molecule has 0 bridgehead atoms. The predicted octanol–water partition coefficient (Wildman–Crippen LogP) is 4.38. The number of carbonyl (C=O) groups is 1. The number of nitrogens with zero attached hydrogens (tertiary/aromatic N) is 2. The van der Waals surface area contributed by atoms with Gasteiger partial charge in [-0.25, -0.2) is 0 Å². The van der Waals surface area contributed by atoms with Crippen molar-refractivity contribution in [2.24, 2.45) is 0 Å². The van der Waals surface area contributed by atoms with E-state index < -0.39 is 0 Å². The number of para-hydroxylation sites is 1. The Morgan fingerprint density at radius 2 is 1.77 bits per heavy atom. The third-order valence-electron chi connectivity index (χ3n) is 3.31. The standard InChI is InChI=1S/C17H13BrN2O2/c1-20(14-5-3-2-4-6-14)17(21)15-11-16(22-19-15)12-7-9-13(18)10-8-12/h2-11H,1H3. The molecule has 0 radical (unpaired) electrons. The van der Waals surface area contributed by atoms with E-state index in [2.05, 4.69) is 21.1 Å². The predicted molar refractivity (Wildman–Crippen MR) is 88.8 cm³/mol. The third-order valence-corrected chi connectivity index (χ3v) is 3.83. The molecule has 5 heteroatoms. The lowest BCUT2D eigenvalue weighted by Gasteiger charge is -2.15. The van der Waals surface area contributed by atoms with Gasteiger partial charge in [-0.15, -0.1) is 0 Å². The van der Waals surface area contributed by atoms with E-state index in [1.165, 1.54) is 0 Å². The smallest absolute Gasteiger partial charge is 0.280 e. The quantitative estimate of drug-likeness (QED) is 0.699. The molecule has 0 aliphatic heterocycles. The number of aromatic nitrogens is 1. The molecule has 0 saturated carbocycles. The number of rotatable bonds is 3. The van der Waals surface area contributed by atoms with Crippen molar-refractivity contribution in [3.8, 4) is 11.3 Å². The Balaban J connectivity index is 1.84. The Labute approximate surface area is 136 Å². The van der Waals surface area contributed by atoms with E-state index >= 15 is 0 Å². The maximum absolute atomic E-state index is 12.4. The van der Waals surface area contributed by atoms with E-state index in [9.17, 15) is 4.79 Å². The minimum atomic E-state index is -0.210. The van der Waals surface area contributed by atoms with Crippen LogP contribution in [0.2, 0.25) is 0 Å². The number of anilines is 1. The summed E-state index contributed by atoms with van der Waals surface area (Å²) in [5.41, 5.74) is 1.96. The normalized spacial score (nSPS) is 10.5. The van der Waals surface area contributed by atoms with Crippen LogP contribution in [0.1, 0.15) is 10.5 Å². The van der Waals surface area contributed by atoms with Crippen molar-refractivity contribution in [1.29, 1.82) is 0 Å². The van der Waals surface area contributed by atoms with Gasteiger partial charge in [0, 0.05) is 28.8 Å². The van der Waals surface area contributed by atoms with Crippen LogP contribution in [0.15, 0.2) is 69.7 Å². The largest absolute Gasteiger partial charge is 0.355 e. The minimum Gasteiger partial charge on any atom is -0.355 e. The maximum Gasteiger partial charge on any atom is 0.280 e. The van der Waals surface area contributed by atoms with Gasteiger partial charge in [-0.1, -0.05) is 51.4 Å². The van der Waals surface area contributed by atoms with Gasteiger partial charge >= 0.3 is 0 Å². The number of hydrogen-bond acceptors (Lipinski definition) is 3. The fourth-order valence-electron chi connectivity index (χ4n) is 2.07. The molecular weight excluding hydrogens is 344 g/mol. The summed E-state index contributed by atoms with van der Waals surface area (Å²) in [6.45, 7) is 0. The fraction of sp³-hybridized carbons (Fsp3) is 0.0588. The average molecular weight is 357 g/mol. The molecule has 0 fully saturated rings. The highest BCUT2D eigenvalue weighted by molar-refractivity contribution is 9.10. The molecule has 3 aromatic rings. The molecule has 1 heterocycles. The summed E-state index contributed by atoms with van der Waals surface area (Å²) in [4.78, 5) is 14.0. The highest BCUT2D eigenvalue weighted by Crippen LogP contribution is 2.23. The SMILES string of the molecule is CN(C(=O)c1cc(-c2ccc(Br)cc2)on1)c1ccccc1. The van der Waals surface area contributed by atoms with Crippen LogP contribution < -0.4 is 4.90 Å². The van der Waals surface area contributed by atoms with Crippen LogP contribution in [0.5, 0.6) is 0 Å². The summed E-state index contributed by atoms with van der Waals surface area (Å²) >= 11 is 3.38. The summed E-state index contributed by atoms with van der Waals surface area (Å²) in [6.07, 6.45) is 0. The second kappa shape index (κ2) is 6.15. The highest BCUT2D eigenvalue weighted by atomic mass is 79.9. The molecule has 0 spiro atoms. The van der Waals surface area contributed by atoms with Gasteiger partial charge in [0.2, 0.25) is 0 Å². The van der Waals surface area contributed by atoms with Crippen LogP contribution in [-0.4, -0.2) is 18.1 Å². The van der Waals surface area contributed by atoms with Crippen LogP contribution in [0.4, 0.5) is 5.69 Å². The zero-order valence-electron chi connectivity index (χ0n) is 11.9. The molecule has 0 N–H and O–H groups in total. The van der Waals surface area contributed by atoms with Gasteiger partial charge < -0.3 is 9.42 Å². The zero-order valence-corrected chi connectivity index (χ0v) is 13.4. The Bertz CT molecular complexity index is 782. The molecule has 0 saturated heterocycles. The Hall–Kier alpha value is -2.40. The van der Waals surface area contributed by atoms with Crippen molar-refractivity contribution < 1.29 is 9.32 Å². The number of benzene rings is 2. The van der Waals surface area contributed by atoms with Crippen molar-refractivity contribution in [3.05, 3.63) is 70.8 Å². The van der Waals surface area contributed by atoms with E-state index in [1.807, 2.05) is 54.6 Å². The van der Waals surface area contributed by atoms with Crippen molar-refractivity contribution in [3.63, 3.8) is 0 Å². The number of halogens is 1. The van der Waals surface area contributed by atoms with Crippen LogP contribution >= 0.6 is 15.9 Å². The first-order valence-electron chi connectivity index (χ1n) is 6.71. The molecule has 0 aliphatic rings. The second-order valence-electron chi connectivity index (χ2n) is 4.78. The molecular formula is C17H13BrN2O2. The monoisotopic (exact) mass is 356 g/mol. The summed E-state index contributed by atoms with van der Waals surface area (Å²) in [7, 11) is 1.71. The van der Waals surface area contributed by atoms with Gasteiger partial charge in [-0.2, -0.15) is 0 Å². The van der Waals surface area contributed by atoms with Crippen molar-refractivity contribution >= 4 is 27.5 Å². The van der Waals surface area contributed by atoms with Crippen LogP contribution in [0, 0.1) is 0 Å². The molecule has 1 amide bonds. The Morgan fingerprint density at radius 1 is 1.09 bits per heavy atom. The van der Waals surface area contributed by atoms with E-state index in [4.69, 9.17) is 4.52 Å². The summed E-state index contributed by atoms with van der Waals surface area (Å²) < 4.78 is 6.27. The lowest BCUT2D eigenvalue weighted by Crippen LogP contribution is -2.26. The van der Waals surface area contributed by atoms with Crippen LogP contribution in [-0.2, 0) is 0 Å². The van der Waals surface area contributed by atoms with Crippen molar-refractivity contribution in [2.45, 2.75) is 0 Å². The molecule has 2 aromatic carbocycles. The average Bonchev–Trinajstić information content (AvgIpc) is 3.05. The summed E-state index contributed by atoms with van der Waals surface area (Å²) in [5, 5.41) is 3.88. The minimum absolute atomic E-state index is 0.210. The molecule has 3 rings (SSSR count). The van der Waals surface area contributed by atoms with E-state index in [0.29, 0.717) is 5.76 Å². The number of amides is 1. The maximum atomic E-state index is 12.4. The van der Waals surface area contributed by atoms with Gasteiger partial charge in [-0.05, 0) is 24.3 Å². The van der Waals surface area contributed by atoms with Crippen molar-refractivity contribution in [1.82, 2.24) is 5.16 Å². The highest BCUT2D eigenvalue weighted by Gasteiger charge is 2.18. The molecule has 0 unspecified atom stereocenters. The van der Waals surface area contributed by atoms with Gasteiger partial charge in [-0.3, -0.25) is 4.79 Å². The number of carbonyl (C=O) groups excluding carboxylic acids is 1. The topological polar surface area (TPSA) is 46.3 Å². The molecule has 0 aliphatic carbocycles. The van der Waals surface area contributed by atoms with Crippen LogP contribution in [0.3, 0.4) is 0 Å². The molecule has 4 nitrogen and oxygen atoms in total. The first kappa shape index (κ1) is 14.5. The van der Waals surface area contributed by atoms with E-state index in [0.717, 1.165) is 15.7 Å². The summed E-state index contributed by atoms with van der Waals surface area (Å²) in [6, 6.07) is 18.7.